The van der Waals surface area contributed by atoms with Crippen molar-refractivity contribution in [2.24, 2.45) is 5.73 Å². The van der Waals surface area contributed by atoms with Gasteiger partial charge in [0.25, 0.3) is 5.91 Å². The molecule has 0 radical (unpaired) electrons. The molecule has 2 N–H and O–H groups in total. The molecular formula is C21H28N4O3. The number of aromatic nitrogens is 2. The van der Waals surface area contributed by atoms with Crippen LogP contribution in [0.4, 0.5) is 0 Å². The van der Waals surface area contributed by atoms with Gasteiger partial charge in [0.15, 0.2) is 0 Å². The number of piperidine rings is 1. The predicted octanol–water partition coefficient (Wildman–Crippen LogP) is 2.46. The van der Waals surface area contributed by atoms with E-state index in [2.05, 4.69) is 12.0 Å². The zero-order chi connectivity index (χ0) is 19.9. The normalized spacial score (nSPS) is 16.9. The maximum atomic E-state index is 13.0. The van der Waals surface area contributed by atoms with Crippen molar-refractivity contribution in [2.45, 2.75) is 45.3 Å². The van der Waals surface area contributed by atoms with Crippen LogP contribution >= 0.6 is 0 Å². The van der Waals surface area contributed by atoms with Crippen LogP contribution in [0, 0.1) is 0 Å². The van der Waals surface area contributed by atoms with E-state index in [-0.39, 0.29) is 24.3 Å². The van der Waals surface area contributed by atoms with Gasteiger partial charge in [-0.1, -0.05) is 19.1 Å². The van der Waals surface area contributed by atoms with Gasteiger partial charge in [-0.05, 0) is 37.0 Å². The van der Waals surface area contributed by atoms with E-state index in [4.69, 9.17) is 10.5 Å². The first-order chi connectivity index (χ1) is 13.6. The van der Waals surface area contributed by atoms with Crippen molar-refractivity contribution in [2.75, 3.05) is 19.7 Å². The lowest BCUT2D eigenvalue weighted by molar-refractivity contribution is -0.118. The van der Waals surface area contributed by atoms with Crippen LogP contribution in [0.1, 0.15) is 43.0 Å². The maximum absolute atomic E-state index is 13.0. The number of likely N-dealkylation sites (tertiary alicyclic amines) is 1. The Morgan fingerprint density at radius 1 is 1.32 bits per heavy atom. The number of hydrogen-bond donors (Lipinski definition) is 1. The number of aryl methyl sites for hydroxylation is 1. The third kappa shape index (κ3) is 5.19. The van der Waals surface area contributed by atoms with Gasteiger partial charge in [0, 0.05) is 50.0 Å². The highest BCUT2D eigenvalue weighted by Crippen LogP contribution is 2.22. The SMILES string of the molecule is CCCO[C@H]1CCCN(C(=O)c2cccc(-c3cnn(CCC(N)=O)c3)c2)C1. The molecule has 1 aromatic carbocycles. The fraction of sp³-hybridized carbons (Fsp3) is 0.476. The third-order valence-electron chi connectivity index (χ3n) is 4.89. The van der Waals surface area contributed by atoms with Crippen molar-refractivity contribution in [1.29, 1.82) is 0 Å². The molecule has 1 aliphatic rings. The van der Waals surface area contributed by atoms with E-state index in [1.54, 1.807) is 10.9 Å². The number of rotatable bonds is 8. The average molecular weight is 384 g/mol. The molecule has 0 saturated carbocycles. The van der Waals surface area contributed by atoms with Crippen LogP contribution in [-0.2, 0) is 16.1 Å². The average Bonchev–Trinajstić information content (AvgIpc) is 3.19. The highest BCUT2D eigenvalue weighted by atomic mass is 16.5. The van der Waals surface area contributed by atoms with E-state index in [1.165, 1.54) is 0 Å². The largest absolute Gasteiger partial charge is 0.376 e. The molecule has 2 heterocycles. The topological polar surface area (TPSA) is 90.4 Å². The molecule has 2 aromatic rings. The van der Waals surface area contributed by atoms with E-state index in [0.717, 1.165) is 43.5 Å². The summed E-state index contributed by atoms with van der Waals surface area (Å²) >= 11 is 0. The monoisotopic (exact) mass is 384 g/mol. The molecule has 1 atom stereocenters. The van der Waals surface area contributed by atoms with Crippen LogP contribution in [0.5, 0.6) is 0 Å². The predicted molar refractivity (Wildman–Crippen MR) is 107 cm³/mol. The molecule has 1 fully saturated rings. The summed E-state index contributed by atoms with van der Waals surface area (Å²) in [6.07, 6.45) is 6.93. The number of ether oxygens (including phenoxy) is 1. The second-order valence-corrected chi connectivity index (χ2v) is 7.18. The van der Waals surface area contributed by atoms with E-state index in [0.29, 0.717) is 18.7 Å². The fourth-order valence-electron chi connectivity index (χ4n) is 3.42. The lowest BCUT2D eigenvalue weighted by Crippen LogP contribution is -2.43. The Morgan fingerprint density at radius 3 is 2.96 bits per heavy atom. The van der Waals surface area contributed by atoms with Gasteiger partial charge >= 0.3 is 0 Å². The summed E-state index contributed by atoms with van der Waals surface area (Å²) in [5.41, 5.74) is 7.68. The first-order valence-corrected chi connectivity index (χ1v) is 9.89. The van der Waals surface area contributed by atoms with E-state index in [9.17, 15) is 9.59 Å². The second kappa shape index (κ2) is 9.50. The second-order valence-electron chi connectivity index (χ2n) is 7.18. The smallest absolute Gasteiger partial charge is 0.253 e. The summed E-state index contributed by atoms with van der Waals surface area (Å²) in [7, 11) is 0. The molecule has 3 rings (SSSR count). The minimum Gasteiger partial charge on any atom is -0.376 e. The standard InChI is InChI=1S/C21H28N4O3/c1-2-11-28-19-7-4-9-24(15-19)21(27)17-6-3-5-16(12-17)18-13-23-25(14-18)10-8-20(22)26/h3,5-6,12-14,19H,2,4,7-11,15H2,1H3,(H2,22,26)/t19-/m0/s1. The van der Waals surface area contributed by atoms with Crippen LogP contribution in [-0.4, -0.2) is 52.3 Å². The van der Waals surface area contributed by atoms with Crippen LogP contribution in [0.15, 0.2) is 36.7 Å². The van der Waals surface area contributed by atoms with Crippen molar-refractivity contribution in [3.05, 3.63) is 42.2 Å². The molecule has 0 aliphatic carbocycles. The Balaban J connectivity index is 1.68. The molecule has 1 saturated heterocycles. The van der Waals surface area contributed by atoms with Crippen molar-refractivity contribution < 1.29 is 14.3 Å². The van der Waals surface area contributed by atoms with Crippen molar-refractivity contribution >= 4 is 11.8 Å². The van der Waals surface area contributed by atoms with Gasteiger partial charge in [0.2, 0.25) is 5.91 Å². The molecule has 0 unspecified atom stereocenters. The minimum atomic E-state index is -0.354. The van der Waals surface area contributed by atoms with Crippen molar-refractivity contribution in [3.63, 3.8) is 0 Å². The van der Waals surface area contributed by atoms with Gasteiger partial charge in [-0.3, -0.25) is 14.3 Å². The first kappa shape index (κ1) is 20.1. The summed E-state index contributed by atoms with van der Waals surface area (Å²) in [5, 5.41) is 4.26. The van der Waals surface area contributed by atoms with E-state index in [1.807, 2.05) is 35.4 Å². The molecule has 0 bridgehead atoms. The molecule has 7 heteroatoms. The summed E-state index contributed by atoms with van der Waals surface area (Å²) in [6.45, 7) is 4.68. The Bertz CT molecular complexity index is 817. The minimum absolute atomic E-state index is 0.0350. The summed E-state index contributed by atoms with van der Waals surface area (Å²) < 4.78 is 7.54. The molecule has 7 nitrogen and oxygen atoms in total. The van der Waals surface area contributed by atoms with Gasteiger partial charge in [-0.15, -0.1) is 0 Å². The Hall–Kier alpha value is -2.67. The highest BCUT2D eigenvalue weighted by Gasteiger charge is 2.25. The molecular weight excluding hydrogens is 356 g/mol. The van der Waals surface area contributed by atoms with Gasteiger partial charge < -0.3 is 15.4 Å². The van der Waals surface area contributed by atoms with Crippen LogP contribution < -0.4 is 5.73 Å². The van der Waals surface area contributed by atoms with E-state index >= 15 is 0 Å². The molecule has 28 heavy (non-hydrogen) atoms. The number of benzene rings is 1. The van der Waals surface area contributed by atoms with Crippen LogP contribution in [0.3, 0.4) is 0 Å². The number of carbonyl (C=O) groups is 2. The Labute approximate surface area is 165 Å². The molecule has 1 aromatic heterocycles. The van der Waals surface area contributed by atoms with Gasteiger partial charge in [0.1, 0.15) is 0 Å². The van der Waals surface area contributed by atoms with Crippen molar-refractivity contribution in [1.82, 2.24) is 14.7 Å². The number of primary amides is 1. The molecule has 150 valence electrons. The van der Waals surface area contributed by atoms with Crippen LogP contribution in [0.2, 0.25) is 0 Å². The number of nitrogens with two attached hydrogens (primary N) is 1. The quantitative estimate of drug-likeness (QED) is 0.757. The zero-order valence-corrected chi connectivity index (χ0v) is 16.3. The summed E-state index contributed by atoms with van der Waals surface area (Å²) in [4.78, 5) is 25.8. The van der Waals surface area contributed by atoms with Crippen molar-refractivity contribution in [3.8, 4) is 11.1 Å². The zero-order valence-electron chi connectivity index (χ0n) is 16.3. The van der Waals surface area contributed by atoms with E-state index < -0.39 is 0 Å². The van der Waals surface area contributed by atoms with Gasteiger partial charge in [-0.25, -0.2) is 0 Å². The lowest BCUT2D eigenvalue weighted by atomic mass is 10.0. The fourth-order valence-corrected chi connectivity index (χ4v) is 3.42. The first-order valence-electron chi connectivity index (χ1n) is 9.89. The number of amides is 2. The number of carbonyl (C=O) groups excluding carboxylic acids is 2. The third-order valence-corrected chi connectivity index (χ3v) is 4.89. The maximum Gasteiger partial charge on any atom is 0.253 e. The molecule has 1 aliphatic heterocycles. The molecule has 2 amide bonds. The van der Waals surface area contributed by atoms with Crippen LogP contribution in [0.25, 0.3) is 11.1 Å². The number of hydrogen-bond acceptors (Lipinski definition) is 4. The highest BCUT2D eigenvalue weighted by molar-refractivity contribution is 5.95. The van der Waals surface area contributed by atoms with Gasteiger partial charge in [0.05, 0.1) is 12.3 Å². The summed E-state index contributed by atoms with van der Waals surface area (Å²) in [5.74, 6) is -0.319. The summed E-state index contributed by atoms with van der Waals surface area (Å²) in [6, 6.07) is 7.59. The number of nitrogens with zero attached hydrogens (tertiary/aromatic N) is 3. The lowest BCUT2D eigenvalue weighted by Gasteiger charge is -2.32. The molecule has 0 spiro atoms. The Kier molecular flexibility index (Phi) is 6.81. The Morgan fingerprint density at radius 2 is 2.18 bits per heavy atom. The van der Waals surface area contributed by atoms with Gasteiger partial charge in [-0.2, -0.15) is 5.10 Å².